The van der Waals surface area contributed by atoms with Gasteiger partial charge in [-0.05, 0) is 13.8 Å². The molecule has 0 amide bonds. The van der Waals surface area contributed by atoms with Crippen LogP contribution in [-0.2, 0) is 9.05 Å². The molecule has 0 aliphatic rings. The summed E-state index contributed by atoms with van der Waals surface area (Å²) in [5.41, 5.74) is 0. The Bertz CT molecular complexity index is 450. The maximum absolute atomic E-state index is 11.2. The number of hydrogen-bond acceptors (Lipinski definition) is 4. The van der Waals surface area contributed by atoms with E-state index in [2.05, 4.69) is 10.2 Å². The molecule has 0 aliphatic carbocycles. The Kier molecular flexibility index (Phi) is 3.40. The SMILES string of the molecule is CC(C)c1nnc(S(=O)(=O)Cl)n1C(C)C. The fourth-order valence-corrected chi connectivity index (χ4v) is 2.33. The van der Waals surface area contributed by atoms with E-state index in [1.54, 1.807) is 4.57 Å². The minimum Gasteiger partial charge on any atom is -0.298 e. The normalized spacial score (nSPS) is 12.7. The third-order valence-corrected chi connectivity index (χ3v) is 3.07. The maximum Gasteiger partial charge on any atom is 0.296 e. The first-order chi connectivity index (χ1) is 6.75. The van der Waals surface area contributed by atoms with Crippen molar-refractivity contribution in [3.8, 4) is 0 Å². The lowest BCUT2D eigenvalue weighted by molar-refractivity contribution is 0.498. The number of rotatable bonds is 3. The van der Waals surface area contributed by atoms with Gasteiger partial charge in [-0.25, -0.2) is 8.42 Å². The van der Waals surface area contributed by atoms with Crippen molar-refractivity contribution in [3.05, 3.63) is 5.82 Å². The maximum atomic E-state index is 11.2. The predicted octanol–water partition coefficient (Wildman–Crippen LogP) is 1.91. The number of halogens is 1. The van der Waals surface area contributed by atoms with E-state index in [0.29, 0.717) is 5.82 Å². The van der Waals surface area contributed by atoms with E-state index in [0.717, 1.165) is 0 Å². The van der Waals surface area contributed by atoms with Crippen molar-refractivity contribution in [2.45, 2.75) is 44.8 Å². The molecular formula is C8H14ClN3O2S. The molecule has 0 aliphatic heterocycles. The van der Waals surface area contributed by atoms with Gasteiger partial charge in [-0.1, -0.05) is 13.8 Å². The molecule has 0 spiro atoms. The summed E-state index contributed by atoms with van der Waals surface area (Å²) in [6.07, 6.45) is 0. The molecule has 0 fully saturated rings. The second-order valence-electron chi connectivity index (χ2n) is 3.90. The number of nitrogens with zero attached hydrogens (tertiary/aromatic N) is 3. The van der Waals surface area contributed by atoms with Crippen LogP contribution < -0.4 is 0 Å². The summed E-state index contributed by atoms with van der Waals surface area (Å²) < 4.78 is 24.0. The summed E-state index contributed by atoms with van der Waals surface area (Å²) in [4.78, 5) is 0. The summed E-state index contributed by atoms with van der Waals surface area (Å²) in [6.45, 7) is 7.57. The molecule has 0 saturated carbocycles. The zero-order valence-electron chi connectivity index (χ0n) is 9.10. The van der Waals surface area contributed by atoms with Gasteiger partial charge in [0.2, 0.25) is 0 Å². The molecule has 0 N–H and O–H groups in total. The van der Waals surface area contributed by atoms with Crippen LogP contribution in [0.2, 0.25) is 0 Å². The fourth-order valence-electron chi connectivity index (χ4n) is 1.33. The topological polar surface area (TPSA) is 64.8 Å². The molecule has 1 aromatic heterocycles. The van der Waals surface area contributed by atoms with E-state index in [4.69, 9.17) is 10.7 Å². The highest BCUT2D eigenvalue weighted by Crippen LogP contribution is 2.23. The Balaban J connectivity index is 3.44. The van der Waals surface area contributed by atoms with E-state index >= 15 is 0 Å². The van der Waals surface area contributed by atoms with E-state index < -0.39 is 9.05 Å². The molecule has 5 nitrogen and oxygen atoms in total. The van der Waals surface area contributed by atoms with Crippen LogP contribution >= 0.6 is 10.7 Å². The zero-order chi connectivity index (χ0) is 11.8. The van der Waals surface area contributed by atoms with Crippen LogP contribution in [0.1, 0.15) is 45.5 Å². The minimum atomic E-state index is -3.83. The highest BCUT2D eigenvalue weighted by molar-refractivity contribution is 8.13. The smallest absolute Gasteiger partial charge is 0.296 e. The number of aromatic nitrogens is 3. The van der Waals surface area contributed by atoms with Crippen LogP contribution in [0.4, 0.5) is 0 Å². The highest BCUT2D eigenvalue weighted by Gasteiger charge is 2.25. The summed E-state index contributed by atoms with van der Waals surface area (Å²) in [6, 6.07) is -0.0408. The van der Waals surface area contributed by atoms with Crippen molar-refractivity contribution >= 4 is 19.7 Å². The largest absolute Gasteiger partial charge is 0.298 e. The van der Waals surface area contributed by atoms with Gasteiger partial charge in [0.05, 0.1) is 0 Å². The Morgan fingerprint density at radius 3 is 2.07 bits per heavy atom. The lowest BCUT2D eigenvalue weighted by atomic mass is 10.2. The average Bonchev–Trinajstić information content (AvgIpc) is 2.45. The molecule has 0 radical (unpaired) electrons. The van der Waals surface area contributed by atoms with Crippen molar-refractivity contribution in [1.29, 1.82) is 0 Å². The molecule has 1 aromatic rings. The van der Waals surface area contributed by atoms with Gasteiger partial charge in [0.15, 0.2) is 0 Å². The van der Waals surface area contributed by atoms with Gasteiger partial charge >= 0.3 is 0 Å². The van der Waals surface area contributed by atoms with E-state index in [-0.39, 0.29) is 17.1 Å². The summed E-state index contributed by atoms with van der Waals surface area (Å²) in [5, 5.41) is 7.30. The van der Waals surface area contributed by atoms with E-state index in [9.17, 15) is 8.42 Å². The van der Waals surface area contributed by atoms with E-state index in [1.165, 1.54) is 0 Å². The summed E-state index contributed by atoms with van der Waals surface area (Å²) >= 11 is 0. The van der Waals surface area contributed by atoms with Crippen molar-refractivity contribution in [1.82, 2.24) is 14.8 Å². The van der Waals surface area contributed by atoms with Gasteiger partial charge in [0.1, 0.15) is 5.82 Å². The van der Waals surface area contributed by atoms with Crippen LogP contribution in [0.5, 0.6) is 0 Å². The molecule has 0 unspecified atom stereocenters. The predicted molar refractivity (Wildman–Crippen MR) is 57.5 cm³/mol. The van der Waals surface area contributed by atoms with Crippen molar-refractivity contribution in [2.24, 2.45) is 0 Å². The Morgan fingerprint density at radius 2 is 1.73 bits per heavy atom. The lowest BCUT2D eigenvalue weighted by Gasteiger charge is -2.13. The molecule has 15 heavy (non-hydrogen) atoms. The first-order valence-electron chi connectivity index (χ1n) is 4.64. The monoisotopic (exact) mass is 251 g/mol. The van der Waals surface area contributed by atoms with Gasteiger partial charge in [0.25, 0.3) is 14.2 Å². The molecule has 0 saturated heterocycles. The van der Waals surface area contributed by atoms with Gasteiger partial charge < -0.3 is 0 Å². The summed E-state index contributed by atoms with van der Waals surface area (Å²) in [5.74, 6) is 0.733. The van der Waals surface area contributed by atoms with Crippen molar-refractivity contribution in [2.75, 3.05) is 0 Å². The Hall–Kier alpha value is -0.620. The van der Waals surface area contributed by atoms with Crippen LogP contribution in [0.15, 0.2) is 5.16 Å². The number of hydrogen-bond donors (Lipinski definition) is 0. The van der Waals surface area contributed by atoms with Gasteiger partial charge in [-0.3, -0.25) is 4.57 Å². The summed E-state index contributed by atoms with van der Waals surface area (Å²) in [7, 11) is 1.45. The van der Waals surface area contributed by atoms with Crippen molar-refractivity contribution < 1.29 is 8.42 Å². The first kappa shape index (κ1) is 12.4. The third-order valence-electron chi connectivity index (χ3n) is 1.94. The van der Waals surface area contributed by atoms with Crippen LogP contribution in [0.25, 0.3) is 0 Å². The molecular weight excluding hydrogens is 238 g/mol. The lowest BCUT2D eigenvalue weighted by Crippen LogP contribution is -2.12. The van der Waals surface area contributed by atoms with Gasteiger partial charge in [0, 0.05) is 22.6 Å². The van der Waals surface area contributed by atoms with Crippen LogP contribution in [-0.4, -0.2) is 23.2 Å². The molecule has 86 valence electrons. The third kappa shape index (κ3) is 2.49. The minimum absolute atomic E-state index is 0.0408. The van der Waals surface area contributed by atoms with Gasteiger partial charge in [-0.15, -0.1) is 10.2 Å². The molecule has 1 rings (SSSR count). The van der Waals surface area contributed by atoms with Crippen molar-refractivity contribution in [3.63, 3.8) is 0 Å². The molecule has 0 bridgehead atoms. The highest BCUT2D eigenvalue weighted by atomic mass is 35.7. The second kappa shape index (κ2) is 4.09. The fraction of sp³-hybridized carbons (Fsp3) is 0.750. The van der Waals surface area contributed by atoms with Crippen LogP contribution in [0, 0.1) is 0 Å². The molecule has 1 heterocycles. The van der Waals surface area contributed by atoms with E-state index in [1.807, 2.05) is 27.7 Å². The Morgan fingerprint density at radius 1 is 1.20 bits per heavy atom. The standard InChI is InChI=1S/C8H14ClN3O2S/c1-5(2)7-10-11-8(15(9,13)14)12(7)6(3)4/h5-6H,1-4H3. The molecule has 7 heteroatoms. The molecule has 0 aromatic carbocycles. The van der Waals surface area contributed by atoms with Crippen LogP contribution in [0.3, 0.4) is 0 Å². The Labute approximate surface area is 93.9 Å². The first-order valence-corrected chi connectivity index (χ1v) is 6.95. The second-order valence-corrected chi connectivity index (χ2v) is 6.36. The zero-order valence-corrected chi connectivity index (χ0v) is 10.7. The quantitative estimate of drug-likeness (QED) is 0.770. The molecule has 0 atom stereocenters. The van der Waals surface area contributed by atoms with Gasteiger partial charge in [-0.2, -0.15) is 0 Å². The average molecular weight is 252 g/mol.